The fourth-order valence-electron chi connectivity index (χ4n) is 1.85. The molecule has 0 fully saturated rings. The summed E-state index contributed by atoms with van der Waals surface area (Å²) in [5.41, 5.74) is 0.269. The van der Waals surface area contributed by atoms with E-state index in [4.69, 9.17) is 0 Å². The zero-order chi connectivity index (χ0) is 15.6. The van der Waals surface area contributed by atoms with Gasteiger partial charge in [-0.2, -0.15) is 0 Å². The number of aromatic nitrogens is 2. The van der Waals surface area contributed by atoms with Gasteiger partial charge in [-0.25, -0.2) is 13.4 Å². The van der Waals surface area contributed by atoms with Crippen molar-refractivity contribution in [1.29, 1.82) is 0 Å². The van der Waals surface area contributed by atoms with Crippen LogP contribution in [0.4, 0.5) is 5.82 Å². The van der Waals surface area contributed by atoms with Gasteiger partial charge in [-0.05, 0) is 18.2 Å². The van der Waals surface area contributed by atoms with Gasteiger partial charge in [0.15, 0.2) is 0 Å². The lowest BCUT2D eigenvalue weighted by molar-refractivity contribution is 0.0955. The summed E-state index contributed by atoms with van der Waals surface area (Å²) in [5, 5.41) is 2.47. The molecule has 0 aromatic carbocycles. The number of carbonyl (C=O) groups excluding carboxylic acids is 1. The molecule has 2 aromatic rings. The average molecular weight is 308 g/mol. The molecule has 0 aliphatic heterocycles. The van der Waals surface area contributed by atoms with Gasteiger partial charge in [-0.15, -0.1) is 0 Å². The molecule has 1 amide bonds. The summed E-state index contributed by atoms with van der Waals surface area (Å²) in [5.74, 6) is -0.0396. The summed E-state index contributed by atoms with van der Waals surface area (Å²) < 4.78 is 27.6. The number of carbonyl (C=O) groups is 1. The van der Waals surface area contributed by atoms with Crippen LogP contribution in [0.15, 0.2) is 41.6 Å². The Bertz CT molecular complexity index is 753. The van der Waals surface area contributed by atoms with Gasteiger partial charge in [-0.3, -0.25) is 9.10 Å². The van der Waals surface area contributed by atoms with Gasteiger partial charge in [0.05, 0.1) is 0 Å². The monoisotopic (exact) mass is 308 g/mol. The maximum atomic E-state index is 12.5. The molecule has 0 radical (unpaired) electrons. The molecular formula is C13H16N4O3S. The van der Waals surface area contributed by atoms with E-state index < -0.39 is 10.0 Å². The van der Waals surface area contributed by atoms with Crippen LogP contribution in [-0.2, 0) is 17.1 Å². The first-order chi connectivity index (χ1) is 9.87. The van der Waals surface area contributed by atoms with Crippen molar-refractivity contribution in [1.82, 2.24) is 14.9 Å². The number of nitrogens with zero attached hydrogens (tertiary/aromatic N) is 3. The molecule has 21 heavy (non-hydrogen) atoms. The number of amides is 1. The first-order valence-electron chi connectivity index (χ1n) is 6.16. The number of sulfonamides is 1. The van der Waals surface area contributed by atoms with E-state index in [0.717, 1.165) is 4.31 Å². The third-order valence-electron chi connectivity index (χ3n) is 3.07. The van der Waals surface area contributed by atoms with Crippen molar-refractivity contribution in [2.75, 3.05) is 18.4 Å². The highest BCUT2D eigenvalue weighted by atomic mass is 32.2. The van der Waals surface area contributed by atoms with Gasteiger partial charge in [0.25, 0.3) is 15.9 Å². The number of hydrogen-bond acceptors (Lipinski definition) is 4. The molecule has 0 atom stereocenters. The summed E-state index contributed by atoms with van der Waals surface area (Å²) in [4.78, 5) is 15.7. The Morgan fingerprint density at radius 2 is 2.10 bits per heavy atom. The SMILES string of the molecule is CNC(=O)c1cc(S(=O)(=O)N(C)c2ccccn2)cn1C. The molecule has 2 heterocycles. The minimum Gasteiger partial charge on any atom is -0.354 e. The number of anilines is 1. The van der Waals surface area contributed by atoms with E-state index in [9.17, 15) is 13.2 Å². The number of rotatable bonds is 4. The fraction of sp³-hybridized carbons (Fsp3) is 0.231. The standard InChI is InChI=1S/C13H16N4O3S/c1-14-13(18)11-8-10(9-16(11)2)21(19,20)17(3)12-6-4-5-7-15-12/h4-9H,1-3H3,(H,14,18). The fourth-order valence-corrected chi connectivity index (χ4v) is 3.07. The van der Waals surface area contributed by atoms with Gasteiger partial charge in [0.1, 0.15) is 16.4 Å². The zero-order valence-corrected chi connectivity index (χ0v) is 12.8. The van der Waals surface area contributed by atoms with Crippen molar-refractivity contribution in [2.24, 2.45) is 7.05 Å². The van der Waals surface area contributed by atoms with Crippen molar-refractivity contribution in [3.63, 3.8) is 0 Å². The third-order valence-corrected chi connectivity index (χ3v) is 4.80. The second-order valence-corrected chi connectivity index (χ2v) is 6.38. The Kier molecular flexibility index (Phi) is 3.99. The number of hydrogen-bond donors (Lipinski definition) is 1. The van der Waals surface area contributed by atoms with Crippen LogP contribution in [0.5, 0.6) is 0 Å². The first kappa shape index (κ1) is 15.0. The van der Waals surface area contributed by atoms with Crippen LogP contribution in [0.2, 0.25) is 0 Å². The van der Waals surface area contributed by atoms with Crippen LogP contribution in [0, 0.1) is 0 Å². The zero-order valence-electron chi connectivity index (χ0n) is 11.9. The van der Waals surface area contributed by atoms with Crippen molar-refractivity contribution >= 4 is 21.7 Å². The molecule has 0 aliphatic carbocycles. The van der Waals surface area contributed by atoms with E-state index in [0.29, 0.717) is 5.82 Å². The lowest BCUT2D eigenvalue weighted by Gasteiger charge is -2.17. The number of pyridine rings is 1. The normalized spacial score (nSPS) is 11.2. The van der Waals surface area contributed by atoms with Crippen molar-refractivity contribution in [2.45, 2.75) is 4.90 Å². The molecule has 0 aliphatic rings. The lowest BCUT2D eigenvalue weighted by Crippen LogP contribution is -2.27. The molecular weight excluding hydrogens is 292 g/mol. The Labute approximate surface area is 123 Å². The quantitative estimate of drug-likeness (QED) is 0.896. The predicted molar refractivity (Wildman–Crippen MR) is 78.6 cm³/mol. The topological polar surface area (TPSA) is 84.3 Å². The molecule has 112 valence electrons. The van der Waals surface area contributed by atoms with Gasteiger partial charge in [0.2, 0.25) is 0 Å². The minimum absolute atomic E-state index is 0.0387. The van der Waals surface area contributed by atoms with Crippen LogP contribution >= 0.6 is 0 Å². The highest BCUT2D eigenvalue weighted by molar-refractivity contribution is 7.92. The third kappa shape index (κ3) is 2.75. The van der Waals surface area contributed by atoms with E-state index in [2.05, 4.69) is 10.3 Å². The van der Waals surface area contributed by atoms with Crippen LogP contribution < -0.4 is 9.62 Å². The van der Waals surface area contributed by atoms with E-state index in [1.165, 1.54) is 37.1 Å². The highest BCUT2D eigenvalue weighted by Gasteiger charge is 2.25. The molecule has 0 saturated heterocycles. The summed E-state index contributed by atoms with van der Waals surface area (Å²) in [6.07, 6.45) is 2.92. The smallest absolute Gasteiger partial charge is 0.267 e. The van der Waals surface area contributed by atoms with E-state index in [1.807, 2.05) is 0 Å². The molecule has 2 aromatic heterocycles. The molecule has 1 N–H and O–H groups in total. The van der Waals surface area contributed by atoms with E-state index >= 15 is 0 Å². The van der Waals surface area contributed by atoms with Gasteiger partial charge < -0.3 is 9.88 Å². The number of nitrogens with one attached hydrogen (secondary N) is 1. The van der Waals surface area contributed by atoms with Gasteiger partial charge in [0, 0.05) is 33.5 Å². The van der Waals surface area contributed by atoms with Crippen molar-refractivity contribution in [3.05, 3.63) is 42.4 Å². The molecule has 7 nitrogen and oxygen atoms in total. The lowest BCUT2D eigenvalue weighted by atomic mass is 10.4. The first-order valence-corrected chi connectivity index (χ1v) is 7.60. The van der Waals surface area contributed by atoms with Crippen LogP contribution in [0.25, 0.3) is 0 Å². The molecule has 0 saturated carbocycles. The molecule has 0 spiro atoms. The van der Waals surface area contributed by atoms with Crippen LogP contribution in [-0.4, -0.2) is 38.0 Å². The second kappa shape index (κ2) is 5.57. The maximum Gasteiger partial charge on any atom is 0.267 e. The second-order valence-electron chi connectivity index (χ2n) is 4.41. The maximum absolute atomic E-state index is 12.5. The Morgan fingerprint density at radius 3 is 2.67 bits per heavy atom. The van der Waals surface area contributed by atoms with Gasteiger partial charge >= 0.3 is 0 Å². The molecule has 0 bridgehead atoms. The van der Waals surface area contributed by atoms with E-state index in [-0.39, 0.29) is 16.5 Å². The van der Waals surface area contributed by atoms with Crippen molar-refractivity contribution in [3.8, 4) is 0 Å². The largest absolute Gasteiger partial charge is 0.354 e. The van der Waals surface area contributed by atoms with Crippen molar-refractivity contribution < 1.29 is 13.2 Å². The average Bonchev–Trinajstić information content (AvgIpc) is 2.89. The predicted octanol–water partition coefficient (Wildman–Crippen LogP) is 0.605. The Balaban J connectivity index is 2.43. The molecule has 2 rings (SSSR count). The Morgan fingerprint density at radius 1 is 1.38 bits per heavy atom. The van der Waals surface area contributed by atoms with Gasteiger partial charge in [-0.1, -0.05) is 6.07 Å². The summed E-state index contributed by atoms with van der Waals surface area (Å²) in [6, 6.07) is 6.35. The summed E-state index contributed by atoms with van der Waals surface area (Å²) >= 11 is 0. The highest BCUT2D eigenvalue weighted by Crippen LogP contribution is 2.21. The number of aryl methyl sites for hydroxylation is 1. The molecule has 0 unspecified atom stereocenters. The van der Waals surface area contributed by atoms with Crippen LogP contribution in [0.3, 0.4) is 0 Å². The Hall–Kier alpha value is -2.35. The summed E-state index contributed by atoms with van der Waals surface area (Å²) in [7, 11) is 0.760. The molecule has 8 heteroatoms. The van der Waals surface area contributed by atoms with E-state index in [1.54, 1.807) is 25.2 Å². The minimum atomic E-state index is -3.77. The summed E-state index contributed by atoms with van der Waals surface area (Å²) in [6.45, 7) is 0. The van der Waals surface area contributed by atoms with Crippen LogP contribution in [0.1, 0.15) is 10.5 Å².